The molecule has 1 saturated heterocycles. The zero-order valence-corrected chi connectivity index (χ0v) is 15.3. The number of amides is 1. The number of carbonyl (C=O) groups is 1. The van der Waals surface area contributed by atoms with Crippen molar-refractivity contribution < 1.29 is 14.6 Å². The van der Waals surface area contributed by atoms with Crippen molar-refractivity contribution in [3.63, 3.8) is 0 Å². The second-order valence-corrected chi connectivity index (χ2v) is 7.18. The normalized spacial score (nSPS) is 15.9. The van der Waals surface area contributed by atoms with Crippen LogP contribution in [-0.4, -0.2) is 33.9 Å². The van der Waals surface area contributed by atoms with Crippen LogP contribution >= 0.6 is 24.0 Å². The van der Waals surface area contributed by atoms with Gasteiger partial charge in [0, 0.05) is 6.54 Å². The van der Waals surface area contributed by atoms with E-state index >= 15 is 0 Å². The molecule has 1 aliphatic heterocycles. The first-order valence-corrected chi connectivity index (χ1v) is 8.97. The third-order valence-corrected chi connectivity index (χ3v) is 5.22. The molecule has 25 heavy (non-hydrogen) atoms. The molecule has 1 heterocycles. The van der Waals surface area contributed by atoms with Crippen LogP contribution in [0.2, 0.25) is 0 Å². The van der Waals surface area contributed by atoms with E-state index in [1.165, 1.54) is 24.4 Å². The molecule has 0 radical (unpaired) electrons. The van der Waals surface area contributed by atoms with E-state index in [0.717, 1.165) is 12.0 Å². The zero-order chi connectivity index (χ0) is 17.8. The number of aromatic hydroxyl groups is 1. The molecule has 3 rings (SSSR count). The van der Waals surface area contributed by atoms with Crippen molar-refractivity contribution in [3.05, 3.63) is 64.6 Å². The number of benzene rings is 2. The van der Waals surface area contributed by atoms with Crippen molar-refractivity contribution in [3.8, 4) is 11.5 Å². The molecular formula is C19H17NO3S2. The standard InChI is InChI=1S/C19H17NO3S2/c1-23-16-11-14(7-8-15(16)21)12-17-18(22)20(19(24)25-17)10-9-13-5-3-2-4-6-13/h2-8,11-12,21H,9-10H2,1H3. The van der Waals surface area contributed by atoms with Gasteiger partial charge < -0.3 is 9.84 Å². The van der Waals surface area contributed by atoms with Gasteiger partial charge in [0.1, 0.15) is 4.32 Å². The molecule has 0 aliphatic carbocycles. The molecule has 0 spiro atoms. The van der Waals surface area contributed by atoms with E-state index in [0.29, 0.717) is 21.5 Å². The van der Waals surface area contributed by atoms with Gasteiger partial charge in [0.25, 0.3) is 5.91 Å². The van der Waals surface area contributed by atoms with Gasteiger partial charge in [-0.1, -0.05) is 60.4 Å². The minimum absolute atomic E-state index is 0.0649. The summed E-state index contributed by atoms with van der Waals surface area (Å²) in [7, 11) is 1.49. The highest BCUT2D eigenvalue weighted by Crippen LogP contribution is 2.34. The maximum absolute atomic E-state index is 12.6. The van der Waals surface area contributed by atoms with Crippen molar-refractivity contribution in [1.29, 1.82) is 0 Å². The Morgan fingerprint density at radius 1 is 1.24 bits per heavy atom. The Labute approximate surface area is 156 Å². The van der Waals surface area contributed by atoms with Crippen molar-refractivity contribution in [1.82, 2.24) is 4.90 Å². The Bertz CT molecular complexity index is 834. The predicted octanol–water partition coefficient (Wildman–Crippen LogP) is 3.84. The molecule has 1 N–H and O–H groups in total. The first-order chi connectivity index (χ1) is 12.1. The molecule has 6 heteroatoms. The number of methoxy groups -OCH3 is 1. The van der Waals surface area contributed by atoms with E-state index in [9.17, 15) is 9.90 Å². The summed E-state index contributed by atoms with van der Waals surface area (Å²) in [6.45, 7) is 0.560. The first kappa shape index (κ1) is 17.5. The average molecular weight is 371 g/mol. The number of phenols is 1. The van der Waals surface area contributed by atoms with Gasteiger partial charge >= 0.3 is 0 Å². The topological polar surface area (TPSA) is 49.8 Å². The van der Waals surface area contributed by atoms with Gasteiger partial charge in [0.05, 0.1) is 12.0 Å². The number of hydrogen-bond acceptors (Lipinski definition) is 5. The minimum Gasteiger partial charge on any atom is -0.504 e. The highest BCUT2D eigenvalue weighted by molar-refractivity contribution is 8.26. The maximum Gasteiger partial charge on any atom is 0.266 e. The molecule has 0 saturated carbocycles. The van der Waals surface area contributed by atoms with E-state index in [-0.39, 0.29) is 11.7 Å². The predicted molar refractivity (Wildman–Crippen MR) is 105 cm³/mol. The van der Waals surface area contributed by atoms with E-state index in [1.54, 1.807) is 29.2 Å². The van der Waals surface area contributed by atoms with Gasteiger partial charge in [-0.3, -0.25) is 9.69 Å². The van der Waals surface area contributed by atoms with E-state index < -0.39 is 0 Å². The van der Waals surface area contributed by atoms with Crippen LogP contribution in [0.1, 0.15) is 11.1 Å². The molecule has 0 bridgehead atoms. The number of hydrogen-bond donors (Lipinski definition) is 1. The molecule has 0 aromatic heterocycles. The van der Waals surface area contributed by atoms with Crippen molar-refractivity contribution >= 4 is 40.3 Å². The zero-order valence-electron chi connectivity index (χ0n) is 13.6. The van der Waals surface area contributed by atoms with Crippen LogP contribution < -0.4 is 4.74 Å². The second-order valence-electron chi connectivity index (χ2n) is 5.50. The number of thioether (sulfide) groups is 1. The Morgan fingerprint density at radius 3 is 2.72 bits per heavy atom. The molecule has 2 aromatic rings. The lowest BCUT2D eigenvalue weighted by atomic mass is 10.1. The molecule has 1 amide bonds. The van der Waals surface area contributed by atoms with Gasteiger partial charge in [-0.2, -0.15) is 0 Å². The maximum atomic E-state index is 12.6. The number of thiocarbonyl (C=S) groups is 1. The number of carbonyl (C=O) groups excluding carboxylic acids is 1. The van der Waals surface area contributed by atoms with Crippen LogP contribution in [0.15, 0.2) is 53.4 Å². The number of phenolic OH excluding ortho intramolecular Hbond substituents is 1. The number of nitrogens with zero attached hydrogens (tertiary/aromatic N) is 1. The van der Waals surface area contributed by atoms with Crippen LogP contribution in [0, 0.1) is 0 Å². The molecule has 1 aliphatic rings. The summed E-state index contributed by atoms with van der Waals surface area (Å²) in [5.74, 6) is 0.348. The van der Waals surface area contributed by atoms with Crippen LogP contribution in [0.25, 0.3) is 6.08 Å². The Kier molecular flexibility index (Phi) is 5.40. The smallest absolute Gasteiger partial charge is 0.266 e. The average Bonchev–Trinajstić information content (AvgIpc) is 2.89. The summed E-state index contributed by atoms with van der Waals surface area (Å²) in [6.07, 6.45) is 2.53. The quantitative estimate of drug-likeness (QED) is 0.639. The van der Waals surface area contributed by atoms with Crippen LogP contribution in [-0.2, 0) is 11.2 Å². The highest BCUT2D eigenvalue weighted by atomic mass is 32.2. The first-order valence-electron chi connectivity index (χ1n) is 7.75. The summed E-state index contributed by atoms with van der Waals surface area (Å²) >= 11 is 6.65. The fourth-order valence-electron chi connectivity index (χ4n) is 2.51. The molecule has 1 fully saturated rings. The lowest BCUT2D eigenvalue weighted by Gasteiger charge is -2.14. The van der Waals surface area contributed by atoms with Gasteiger partial charge in [-0.05, 0) is 35.8 Å². The summed E-state index contributed by atoms with van der Waals surface area (Å²) in [6, 6.07) is 15.0. The van der Waals surface area contributed by atoms with Gasteiger partial charge in [-0.15, -0.1) is 0 Å². The third kappa shape index (κ3) is 4.03. The van der Waals surface area contributed by atoms with Crippen LogP contribution in [0.5, 0.6) is 11.5 Å². The molecule has 0 unspecified atom stereocenters. The fraction of sp³-hybridized carbons (Fsp3) is 0.158. The monoisotopic (exact) mass is 371 g/mol. The largest absolute Gasteiger partial charge is 0.504 e. The lowest BCUT2D eigenvalue weighted by molar-refractivity contribution is -0.122. The second kappa shape index (κ2) is 7.72. The summed E-state index contributed by atoms with van der Waals surface area (Å²) in [5.41, 5.74) is 1.95. The van der Waals surface area contributed by atoms with Gasteiger partial charge in [-0.25, -0.2) is 0 Å². The van der Waals surface area contributed by atoms with E-state index in [2.05, 4.69) is 0 Å². The molecule has 0 atom stereocenters. The van der Waals surface area contributed by atoms with Crippen molar-refractivity contribution in [2.45, 2.75) is 6.42 Å². The summed E-state index contributed by atoms with van der Waals surface area (Å²) in [4.78, 5) is 14.8. The highest BCUT2D eigenvalue weighted by Gasteiger charge is 2.31. The summed E-state index contributed by atoms with van der Waals surface area (Å²) in [5, 5.41) is 9.66. The number of ether oxygens (including phenoxy) is 1. The fourth-order valence-corrected chi connectivity index (χ4v) is 3.82. The Balaban J connectivity index is 1.74. The summed E-state index contributed by atoms with van der Waals surface area (Å²) < 4.78 is 5.67. The Morgan fingerprint density at radius 2 is 2.00 bits per heavy atom. The molecule has 4 nitrogen and oxygen atoms in total. The Hall–Kier alpha value is -2.31. The van der Waals surface area contributed by atoms with Crippen molar-refractivity contribution in [2.24, 2.45) is 0 Å². The number of rotatable bonds is 5. The van der Waals surface area contributed by atoms with Crippen molar-refractivity contribution in [2.75, 3.05) is 13.7 Å². The van der Waals surface area contributed by atoms with Crippen LogP contribution in [0.3, 0.4) is 0 Å². The SMILES string of the molecule is COc1cc(C=C2SC(=S)N(CCc3ccccc3)C2=O)ccc1O. The van der Waals surface area contributed by atoms with E-state index in [1.807, 2.05) is 30.3 Å². The van der Waals surface area contributed by atoms with Crippen LogP contribution in [0.4, 0.5) is 0 Å². The van der Waals surface area contributed by atoms with E-state index in [4.69, 9.17) is 17.0 Å². The minimum atomic E-state index is -0.0852. The molecular weight excluding hydrogens is 354 g/mol. The van der Waals surface area contributed by atoms with Gasteiger partial charge in [0.2, 0.25) is 0 Å². The van der Waals surface area contributed by atoms with Gasteiger partial charge in [0.15, 0.2) is 11.5 Å². The molecule has 2 aromatic carbocycles. The lowest BCUT2D eigenvalue weighted by Crippen LogP contribution is -2.30. The third-order valence-electron chi connectivity index (χ3n) is 3.84. The molecule has 128 valence electrons.